The minimum Gasteiger partial charge on any atom is -0.379 e. The van der Waals surface area contributed by atoms with Crippen molar-refractivity contribution in [1.82, 2.24) is 5.01 Å². The monoisotopic (exact) mass is 237 g/mol. The zero-order valence-corrected chi connectivity index (χ0v) is 9.68. The summed E-state index contributed by atoms with van der Waals surface area (Å²) in [5.74, 6) is 0. The molecule has 92 valence electrons. The lowest BCUT2D eigenvalue weighted by atomic mass is 10.2. The van der Waals surface area contributed by atoms with E-state index in [4.69, 9.17) is 4.74 Å². The van der Waals surface area contributed by atoms with Crippen molar-refractivity contribution in [3.8, 4) is 0 Å². The van der Waals surface area contributed by atoms with Gasteiger partial charge in [-0.05, 0) is 18.6 Å². The largest absolute Gasteiger partial charge is 0.379 e. The number of aryl methyl sites for hydroxylation is 1. The Morgan fingerprint density at radius 1 is 1.41 bits per heavy atom. The van der Waals surface area contributed by atoms with E-state index < -0.39 is 0 Å². The second-order valence-electron chi connectivity index (χ2n) is 3.97. The summed E-state index contributed by atoms with van der Waals surface area (Å²) in [6.07, 6.45) is 0. The van der Waals surface area contributed by atoms with Gasteiger partial charge in [-0.25, -0.2) is 5.01 Å². The average Bonchev–Trinajstić information content (AvgIpc) is 2.33. The number of ether oxygens (including phenoxy) is 1. The Bertz CT molecular complexity index is 416. The van der Waals surface area contributed by atoms with Crippen LogP contribution in [0.15, 0.2) is 18.2 Å². The molecule has 1 N–H and O–H groups in total. The number of rotatable bonds is 3. The number of nitrogens with zero attached hydrogens (tertiary/aromatic N) is 2. The standard InChI is InChI=1S/C11H15N3O3/c1-9-8-10(14(15)16)2-3-11(9)12-13-4-6-17-7-5-13/h2-3,8,12H,4-7H2,1H3. The van der Waals surface area contributed by atoms with Crippen LogP contribution in [0, 0.1) is 17.0 Å². The lowest BCUT2D eigenvalue weighted by Gasteiger charge is -2.28. The number of nitro benzene ring substituents is 1. The molecule has 0 radical (unpaired) electrons. The average molecular weight is 237 g/mol. The normalized spacial score (nSPS) is 16.8. The van der Waals surface area contributed by atoms with E-state index >= 15 is 0 Å². The fourth-order valence-electron chi connectivity index (χ4n) is 1.73. The molecule has 1 aromatic carbocycles. The first-order chi connectivity index (χ1) is 8.16. The lowest BCUT2D eigenvalue weighted by Crippen LogP contribution is -2.40. The minimum atomic E-state index is -0.383. The summed E-state index contributed by atoms with van der Waals surface area (Å²) in [5.41, 5.74) is 5.13. The molecule has 0 aromatic heterocycles. The van der Waals surface area contributed by atoms with Gasteiger partial charge in [0.15, 0.2) is 0 Å². The number of benzene rings is 1. The SMILES string of the molecule is Cc1cc([N+](=O)[O-])ccc1NN1CCOCC1. The van der Waals surface area contributed by atoms with E-state index in [9.17, 15) is 10.1 Å². The highest BCUT2D eigenvalue weighted by Gasteiger charge is 2.12. The summed E-state index contributed by atoms with van der Waals surface area (Å²) in [4.78, 5) is 10.2. The van der Waals surface area contributed by atoms with Crippen LogP contribution in [0.3, 0.4) is 0 Å². The summed E-state index contributed by atoms with van der Waals surface area (Å²) in [6.45, 7) is 4.90. The van der Waals surface area contributed by atoms with Gasteiger partial charge in [0, 0.05) is 25.2 Å². The van der Waals surface area contributed by atoms with Gasteiger partial charge in [0.05, 0.1) is 23.8 Å². The van der Waals surface area contributed by atoms with Crippen LogP contribution in [0.25, 0.3) is 0 Å². The van der Waals surface area contributed by atoms with Gasteiger partial charge in [0.1, 0.15) is 0 Å². The Morgan fingerprint density at radius 2 is 2.12 bits per heavy atom. The van der Waals surface area contributed by atoms with Crippen LogP contribution >= 0.6 is 0 Å². The molecule has 1 saturated heterocycles. The molecule has 1 aromatic rings. The Labute approximate surface area is 99.3 Å². The number of nitro groups is 1. The number of non-ortho nitro benzene ring substituents is 1. The Kier molecular flexibility index (Phi) is 3.55. The molecule has 0 bridgehead atoms. The Balaban J connectivity index is 2.08. The maximum atomic E-state index is 10.6. The molecular weight excluding hydrogens is 222 g/mol. The predicted molar refractivity (Wildman–Crippen MR) is 63.8 cm³/mol. The third-order valence-electron chi connectivity index (χ3n) is 2.71. The fourth-order valence-corrected chi connectivity index (χ4v) is 1.73. The summed E-state index contributed by atoms with van der Waals surface area (Å²) in [7, 11) is 0. The van der Waals surface area contributed by atoms with Crippen molar-refractivity contribution < 1.29 is 9.66 Å². The molecule has 0 amide bonds. The van der Waals surface area contributed by atoms with Gasteiger partial charge >= 0.3 is 0 Å². The highest BCUT2D eigenvalue weighted by atomic mass is 16.6. The number of hydrogen-bond donors (Lipinski definition) is 1. The third kappa shape index (κ3) is 2.92. The van der Waals surface area contributed by atoms with E-state index in [2.05, 4.69) is 10.4 Å². The van der Waals surface area contributed by atoms with Crippen LogP contribution in [0.4, 0.5) is 11.4 Å². The number of hydrogen-bond acceptors (Lipinski definition) is 5. The molecule has 0 atom stereocenters. The molecule has 0 aliphatic carbocycles. The minimum absolute atomic E-state index is 0.120. The highest BCUT2D eigenvalue weighted by molar-refractivity contribution is 5.54. The van der Waals surface area contributed by atoms with Crippen molar-refractivity contribution >= 4 is 11.4 Å². The van der Waals surface area contributed by atoms with E-state index in [0.29, 0.717) is 13.2 Å². The van der Waals surface area contributed by atoms with Gasteiger partial charge in [0.2, 0.25) is 0 Å². The van der Waals surface area contributed by atoms with Crippen molar-refractivity contribution in [3.05, 3.63) is 33.9 Å². The highest BCUT2D eigenvalue weighted by Crippen LogP contribution is 2.21. The van der Waals surface area contributed by atoms with Gasteiger partial charge in [-0.2, -0.15) is 0 Å². The molecule has 1 heterocycles. The van der Waals surface area contributed by atoms with Crippen molar-refractivity contribution in [3.63, 3.8) is 0 Å². The number of anilines is 1. The van der Waals surface area contributed by atoms with Gasteiger partial charge in [-0.1, -0.05) is 0 Å². The second-order valence-corrected chi connectivity index (χ2v) is 3.97. The van der Waals surface area contributed by atoms with Crippen molar-refractivity contribution in [2.45, 2.75) is 6.92 Å². The zero-order valence-electron chi connectivity index (χ0n) is 9.68. The first kappa shape index (κ1) is 11.8. The number of morpholine rings is 1. The maximum absolute atomic E-state index is 10.6. The van der Waals surface area contributed by atoms with Crippen LogP contribution in [0.2, 0.25) is 0 Å². The van der Waals surface area contributed by atoms with E-state index in [0.717, 1.165) is 24.3 Å². The molecule has 2 rings (SSSR count). The second kappa shape index (κ2) is 5.11. The van der Waals surface area contributed by atoms with Crippen LogP contribution in [-0.4, -0.2) is 36.2 Å². The molecule has 6 nitrogen and oxygen atoms in total. The van der Waals surface area contributed by atoms with Crippen LogP contribution in [0.5, 0.6) is 0 Å². The topological polar surface area (TPSA) is 67.6 Å². The third-order valence-corrected chi connectivity index (χ3v) is 2.71. The predicted octanol–water partition coefficient (Wildman–Crippen LogP) is 1.56. The molecule has 1 fully saturated rings. The molecule has 17 heavy (non-hydrogen) atoms. The molecule has 1 aliphatic heterocycles. The molecular formula is C11H15N3O3. The molecule has 0 unspecified atom stereocenters. The Hall–Kier alpha value is -1.66. The van der Waals surface area contributed by atoms with Crippen LogP contribution in [-0.2, 0) is 4.74 Å². The van der Waals surface area contributed by atoms with Gasteiger partial charge in [-0.3, -0.25) is 10.1 Å². The number of nitrogens with one attached hydrogen (secondary N) is 1. The van der Waals surface area contributed by atoms with Crippen LogP contribution < -0.4 is 5.43 Å². The summed E-state index contributed by atoms with van der Waals surface area (Å²) < 4.78 is 5.25. The van der Waals surface area contributed by atoms with Crippen molar-refractivity contribution in [2.24, 2.45) is 0 Å². The first-order valence-electron chi connectivity index (χ1n) is 5.51. The summed E-state index contributed by atoms with van der Waals surface area (Å²) >= 11 is 0. The molecule has 0 saturated carbocycles. The Morgan fingerprint density at radius 3 is 2.71 bits per heavy atom. The van der Waals surface area contributed by atoms with E-state index in [1.165, 1.54) is 6.07 Å². The molecule has 6 heteroatoms. The number of hydrazine groups is 1. The molecule has 1 aliphatic rings. The van der Waals surface area contributed by atoms with Gasteiger partial charge < -0.3 is 10.2 Å². The van der Waals surface area contributed by atoms with E-state index in [1.54, 1.807) is 12.1 Å². The van der Waals surface area contributed by atoms with Crippen molar-refractivity contribution in [2.75, 3.05) is 31.7 Å². The van der Waals surface area contributed by atoms with E-state index in [-0.39, 0.29) is 10.6 Å². The summed E-state index contributed by atoms with van der Waals surface area (Å²) in [5, 5.41) is 12.7. The quantitative estimate of drug-likeness (QED) is 0.638. The first-order valence-corrected chi connectivity index (χ1v) is 5.51. The van der Waals surface area contributed by atoms with Gasteiger partial charge in [-0.15, -0.1) is 0 Å². The molecule has 0 spiro atoms. The van der Waals surface area contributed by atoms with Gasteiger partial charge in [0.25, 0.3) is 5.69 Å². The lowest BCUT2D eigenvalue weighted by molar-refractivity contribution is -0.384. The zero-order chi connectivity index (χ0) is 12.3. The summed E-state index contributed by atoms with van der Waals surface area (Å²) in [6, 6.07) is 4.82. The van der Waals surface area contributed by atoms with Crippen molar-refractivity contribution in [1.29, 1.82) is 0 Å². The maximum Gasteiger partial charge on any atom is 0.269 e. The fraction of sp³-hybridized carbons (Fsp3) is 0.455. The van der Waals surface area contributed by atoms with E-state index in [1.807, 2.05) is 6.92 Å². The smallest absolute Gasteiger partial charge is 0.269 e. The van der Waals surface area contributed by atoms with Crippen LogP contribution in [0.1, 0.15) is 5.56 Å².